The van der Waals surface area contributed by atoms with Crippen LogP contribution < -0.4 is 5.76 Å². The number of oxazole rings is 1. The summed E-state index contributed by atoms with van der Waals surface area (Å²) in [7, 11) is 0. The molecule has 0 saturated carbocycles. The van der Waals surface area contributed by atoms with Gasteiger partial charge in [-0.25, -0.2) is 4.79 Å². The Morgan fingerprint density at radius 3 is 3.33 bits per heavy atom. The van der Waals surface area contributed by atoms with Crippen LogP contribution in [0.25, 0.3) is 0 Å². The number of fused-ring (bicyclic) bond motifs is 1. The van der Waals surface area contributed by atoms with E-state index in [4.69, 9.17) is 4.74 Å². The summed E-state index contributed by atoms with van der Waals surface area (Å²) in [5, 5.41) is 0. The molecule has 1 aromatic rings. The number of hydrogen-bond donors (Lipinski definition) is 0. The van der Waals surface area contributed by atoms with Crippen LogP contribution in [0.4, 0.5) is 0 Å². The first kappa shape index (κ1) is 4.81. The van der Waals surface area contributed by atoms with Crippen molar-refractivity contribution in [1.82, 2.24) is 4.57 Å². The van der Waals surface area contributed by atoms with Gasteiger partial charge in [-0.15, -0.1) is 0 Å². The summed E-state index contributed by atoms with van der Waals surface area (Å²) < 4.78 is 11.0. The predicted octanol–water partition coefficient (Wildman–Crippen LogP) is -0.0710. The molecule has 0 bridgehead atoms. The van der Waals surface area contributed by atoms with Gasteiger partial charge in [0.05, 0.1) is 12.3 Å². The topological polar surface area (TPSA) is 44.4 Å². The van der Waals surface area contributed by atoms with Crippen LogP contribution in [0.5, 0.6) is 0 Å². The van der Waals surface area contributed by atoms with E-state index in [1.165, 1.54) is 10.8 Å². The molecule has 0 unspecified atom stereocenters. The summed E-state index contributed by atoms with van der Waals surface area (Å²) in [6, 6.07) is 0. The van der Waals surface area contributed by atoms with Crippen LogP contribution in [0, 0.1) is 0 Å². The van der Waals surface area contributed by atoms with Crippen molar-refractivity contribution >= 4 is 0 Å². The minimum absolute atomic E-state index is 0.331. The van der Waals surface area contributed by atoms with Gasteiger partial charge >= 0.3 is 5.76 Å². The Morgan fingerprint density at radius 2 is 2.56 bits per heavy atom. The Hall–Kier alpha value is -1.03. The lowest BCUT2D eigenvalue weighted by atomic mass is 10.5. The Kier molecular flexibility index (Phi) is 0.790. The Bertz CT molecular complexity index is 272. The van der Waals surface area contributed by atoms with Gasteiger partial charge in [-0.2, -0.15) is 0 Å². The second-order valence-electron chi connectivity index (χ2n) is 1.90. The first-order chi connectivity index (χ1) is 4.38. The van der Waals surface area contributed by atoms with E-state index in [2.05, 4.69) is 4.42 Å². The van der Waals surface area contributed by atoms with E-state index in [1.54, 1.807) is 0 Å². The first-order valence-electron chi connectivity index (χ1n) is 2.63. The molecule has 4 heteroatoms. The minimum Gasteiger partial charge on any atom is -0.416 e. The van der Waals surface area contributed by atoms with Crippen molar-refractivity contribution in [2.24, 2.45) is 0 Å². The molecule has 48 valence electrons. The third kappa shape index (κ3) is 0.533. The standard InChI is InChI=1S/C5H5NO3/c7-5-6-3-8-1-4(6)2-9-5/h2H,1,3H2. The summed E-state index contributed by atoms with van der Waals surface area (Å²) in [6.07, 6.45) is 1.43. The maximum absolute atomic E-state index is 10.6. The van der Waals surface area contributed by atoms with E-state index in [1.807, 2.05) is 0 Å². The zero-order chi connectivity index (χ0) is 6.27. The fourth-order valence-electron chi connectivity index (χ4n) is 0.852. The van der Waals surface area contributed by atoms with Gasteiger partial charge in [0, 0.05) is 0 Å². The molecule has 0 spiro atoms. The van der Waals surface area contributed by atoms with Crippen molar-refractivity contribution in [3.63, 3.8) is 0 Å². The highest BCUT2D eigenvalue weighted by Crippen LogP contribution is 2.06. The molecular formula is C5H5NO3. The maximum Gasteiger partial charge on any atom is 0.421 e. The second kappa shape index (κ2) is 1.48. The van der Waals surface area contributed by atoms with Crippen LogP contribution in [0.1, 0.15) is 5.69 Å². The Balaban J connectivity index is 2.70. The van der Waals surface area contributed by atoms with Gasteiger partial charge in [0.15, 0.2) is 0 Å². The summed E-state index contributed by atoms with van der Waals surface area (Å²) in [4.78, 5) is 10.6. The molecule has 1 aliphatic heterocycles. The van der Waals surface area contributed by atoms with Gasteiger partial charge in [-0.3, -0.25) is 4.57 Å². The zero-order valence-electron chi connectivity index (χ0n) is 4.66. The molecule has 0 amide bonds. The SMILES string of the molecule is O=c1occ2n1COC2. The molecule has 0 fully saturated rings. The summed E-state index contributed by atoms with van der Waals surface area (Å²) in [5.41, 5.74) is 0.819. The van der Waals surface area contributed by atoms with Crippen molar-refractivity contribution in [3.8, 4) is 0 Å². The summed E-state index contributed by atoms with van der Waals surface area (Å²) >= 11 is 0. The predicted molar refractivity (Wildman–Crippen MR) is 27.8 cm³/mol. The fourth-order valence-corrected chi connectivity index (χ4v) is 0.852. The molecule has 9 heavy (non-hydrogen) atoms. The van der Waals surface area contributed by atoms with Gasteiger partial charge < -0.3 is 9.15 Å². The van der Waals surface area contributed by atoms with E-state index in [0.29, 0.717) is 13.3 Å². The van der Waals surface area contributed by atoms with E-state index in [-0.39, 0.29) is 5.76 Å². The fraction of sp³-hybridized carbons (Fsp3) is 0.400. The van der Waals surface area contributed by atoms with Crippen molar-refractivity contribution in [2.45, 2.75) is 13.3 Å². The van der Waals surface area contributed by atoms with Crippen LogP contribution in [-0.2, 0) is 18.1 Å². The van der Waals surface area contributed by atoms with E-state index < -0.39 is 0 Å². The minimum atomic E-state index is -0.331. The normalized spacial score (nSPS) is 16.0. The second-order valence-corrected chi connectivity index (χ2v) is 1.90. The van der Waals surface area contributed by atoms with Crippen LogP contribution in [0.2, 0.25) is 0 Å². The molecule has 2 rings (SSSR count). The molecule has 4 nitrogen and oxygen atoms in total. The van der Waals surface area contributed by atoms with Gasteiger partial charge in [-0.1, -0.05) is 0 Å². The summed E-state index contributed by atoms with van der Waals surface area (Å²) in [6.45, 7) is 0.830. The smallest absolute Gasteiger partial charge is 0.416 e. The molecule has 0 atom stereocenters. The van der Waals surface area contributed by atoms with E-state index in [9.17, 15) is 4.79 Å². The van der Waals surface area contributed by atoms with Crippen LogP contribution in [-0.4, -0.2) is 4.57 Å². The van der Waals surface area contributed by atoms with Crippen LogP contribution >= 0.6 is 0 Å². The average Bonchev–Trinajstić information content (AvgIpc) is 2.35. The average molecular weight is 127 g/mol. The van der Waals surface area contributed by atoms with Gasteiger partial charge in [-0.05, 0) is 0 Å². The molecule has 0 radical (unpaired) electrons. The largest absolute Gasteiger partial charge is 0.421 e. The lowest BCUT2D eigenvalue weighted by Crippen LogP contribution is -2.11. The van der Waals surface area contributed by atoms with Crippen molar-refractivity contribution in [3.05, 3.63) is 22.5 Å². The molecule has 0 aliphatic carbocycles. The highest BCUT2D eigenvalue weighted by molar-refractivity contribution is 4.94. The van der Waals surface area contributed by atoms with Crippen LogP contribution in [0.3, 0.4) is 0 Å². The molecular weight excluding hydrogens is 122 g/mol. The number of ether oxygens (including phenoxy) is 1. The highest BCUT2D eigenvalue weighted by atomic mass is 16.5. The first-order valence-corrected chi connectivity index (χ1v) is 2.63. The van der Waals surface area contributed by atoms with Crippen molar-refractivity contribution in [1.29, 1.82) is 0 Å². The van der Waals surface area contributed by atoms with Gasteiger partial charge in [0.1, 0.15) is 13.0 Å². The van der Waals surface area contributed by atoms with Gasteiger partial charge in [0.2, 0.25) is 0 Å². The third-order valence-corrected chi connectivity index (χ3v) is 1.33. The van der Waals surface area contributed by atoms with Crippen molar-refractivity contribution < 1.29 is 9.15 Å². The molecule has 0 aromatic carbocycles. The monoisotopic (exact) mass is 127 g/mol. The molecule has 0 saturated heterocycles. The Morgan fingerprint density at radius 1 is 1.67 bits per heavy atom. The highest BCUT2D eigenvalue weighted by Gasteiger charge is 2.13. The summed E-state index contributed by atoms with van der Waals surface area (Å²) in [5.74, 6) is -0.331. The zero-order valence-corrected chi connectivity index (χ0v) is 4.66. The molecule has 1 aliphatic rings. The van der Waals surface area contributed by atoms with Crippen molar-refractivity contribution in [2.75, 3.05) is 0 Å². The lowest BCUT2D eigenvalue weighted by Gasteiger charge is -1.84. The number of aromatic nitrogens is 1. The third-order valence-electron chi connectivity index (χ3n) is 1.33. The van der Waals surface area contributed by atoms with E-state index >= 15 is 0 Å². The lowest BCUT2D eigenvalue weighted by molar-refractivity contribution is 0.102. The Labute approximate surface area is 50.7 Å². The van der Waals surface area contributed by atoms with Crippen LogP contribution in [0.15, 0.2) is 15.5 Å². The van der Waals surface area contributed by atoms with E-state index in [0.717, 1.165) is 5.69 Å². The number of nitrogens with zero attached hydrogens (tertiary/aromatic N) is 1. The number of hydrogen-bond acceptors (Lipinski definition) is 3. The van der Waals surface area contributed by atoms with Gasteiger partial charge in [0.25, 0.3) is 0 Å². The maximum atomic E-state index is 10.6. The molecule has 2 heterocycles. The quantitative estimate of drug-likeness (QED) is 0.490. The molecule has 0 N–H and O–H groups in total. The molecule has 1 aromatic heterocycles. The number of rotatable bonds is 0.